The molecule has 0 saturated heterocycles. The Morgan fingerprint density at radius 1 is 1.38 bits per heavy atom. The first-order valence-electron chi connectivity index (χ1n) is 5.04. The first-order chi connectivity index (χ1) is 7.44. The zero-order valence-corrected chi connectivity index (χ0v) is 10.2. The summed E-state index contributed by atoms with van der Waals surface area (Å²) >= 11 is 0. The van der Waals surface area contributed by atoms with Crippen molar-refractivity contribution in [3.05, 3.63) is 29.6 Å². The molecule has 0 atom stereocenters. The monoisotopic (exact) mass is 246 g/mol. The van der Waals surface area contributed by atoms with E-state index in [1.54, 1.807) is 26.0 Å². The first-order valence-corrected chi connectivity index (χ1v) is 6.86. The zero-order chi connectivity index (χ0) is 12.2. The molecule has 0 unspecified atom stereocenters. The zero-order valence-electron chi connectivity index (χ0n) is 9.36. The maximum atomic E-state index is 13.1. The number of sulfone groups is 1. The molecule has 0 aliphatic carbocycles. The van der Waals surface area contributed by atoms with Crippen molar-refractivity contribution in [3.8, 4) is 5.75 Å². The topological polar surface area (TPSA) is 43.4 Å². The molecular formula is C11H15FO3S. The largest absolute Gasteiger partial charge is 0.492 e. The molecule has 0 aliphatic heterocycles. The lowest BCUT2D eigenvalue weighted by Crippen LogP contribution is -2.15. The number of ether oxygens (including phenoxy) is 1. The molecule has 0 amide bonds. The fourth-order valence-corrected chi connectivity index (χ4v) is 1.72. The fourth-order valence-electron chi connectivity index (χ4n) is 1.09. The van der Waals surface area contributed by atoms with Crippen LogP contribution in [-0.4, -0.2) is 26.5 Å². The quantitative estimate of drug-likeness (QED) is 0.797. The van der Waals surface area contributed by atoms with Crippen molar-refractivity contribution in [1.29, 1.82) is 0 Å². The summed E-state index contributed by atoms with van der Waals surface area (Å²) in [5.41, 5.74) is 0.536. The van der Waals surface area contributed by atoms with Crippen LogP contribution >= 0.6 is 0 Å². The van der Waals surface area contributed by atoms with Crippen LogP contribution in [0.3, 0.4) is 0 Å². The van der Waals surface area contributed by atoms with Gasteiger partial charge in [0, 0.05) is 11.8 Å². The highest BCUT2D eigenvalue weighted by molar-refractivity contribution is 7.91. The molecule has 0 radical (unpaired) electrons. The Bertz CT molecular complexity index is 454. The van der Waals surface area contributed by atoms with Gasteiger partial charge in [0.25, 0.3) is 0 Å². The average Bonchev–Trinajstić information content (AvgIpc) is 2.23. The van der Waals surface area contributed by atoms with Crippen LogP contribution in [0.4, 0.5) is 4.39 Å². The van der Waals surface area contributed by atoms with Gasteiger partial charge in [-0.1, -0.05) is 13.0 Å². The molecule has 0 fully saturated rings. The van der Waals surface area contributed by atoms with Crippen molar-refractivity contribution in [2.45, 2.75) is 13.8 Å². The van der Waals surface area contributed by atoms with Gasteiger partial charge in [0.1, 0.15) is 18.2 Å². The van der Waals surface area contributed by atoms with E-state index in [-0.39, 0.29) is 23.9 Å². The number of benzene rings is 1. The summed E-state index contributed by atoms with van der Waals surface area (Å²) in [5, 5.41) is 0. The Balaban J connectivity index is 2.53. The van der Waals surface area contributed by atoms with Crippen LogP contribution in [0.15, 0.2) is 18.2 Å². The van der Waals surface area contributed by atoms with Crippen molar-refractivity contribution in [3.63, 3.8) is 0 Å². The number of rotatable bonds is 5. The molecule has 5 heteroatoms. The minimum absolute atomic E-state index is 0.0427. The smallest absolute Gasteiger partial charge is 0.153 e. The van der Waals surface area contributed by atoms with E-state index < -0.39 is 9.84 Å². The molecular weight excluding hydrogens is 231 g/mol. The van der Waals surface area contributed by atoms with Crippen molar-refractivity contribution in [1.82, 2.24) is 0 Å². The molecule has 0 saturated carbocycles. The Kier molecular flexibility index (Phi) is 4.29. The van der Waals surface area contributed by atoms with E-state index in [4.69, 9.17) is 4.74 Å². The number of aryl methyl sites for hydroxylation is 1. The van der Waals surface area contributed by atoms with Gasteiger partial charge in [-0.05, 0) is 18.6 Å². The molecule has 0 aromatic heterocycles. The lowest BCUT2D eigenvalue weighted by atomic mass is 10.2. The minimum Gasteiger partial charge on any atom is -0.492 e. The van der Waals surface area contributed by atoms with Crippen LogP contribution in [0.2, 0.25) is 0 Å². The van der Waals surface area contributed by atoms with E-state index >= 15 is 0 Å². The van der Waals surface area contributed by atoms with Crippen LogP contribution in [0.5, 0.6) is 5.75 Å². The van der Waals surface area contributed by atoms with Crippen LogP contribution in [0.1, 0.15) is 12.5 Å². The Morgan fingerprint density at radius 2 is 2.06 bits per heavy atom. The number of hydrogen-bond acceptors (Lipinski definition) is 3. The van der Waals surface area contributed by atoms with Gasteiger partial charge in [0.05, 0.1) is 5.75 Å². The summed E-state index contributed by atoms with van der Waals surface area (Å²) in [7, 11) is -3.03. The third kappa shape index (κ3) is 3.81. The van der Waals surface area contributed by atoms with E-state index in [9.17, 15) is 12.8 Å². The molecule has 3 nitrogen and oxygen atoms in total. The van der Waals surface area contributed by atoms with Gasteiger partial charge in [-0.2, -0.15) is 0 Å². The van der Waals surface area contributed by atoms with Gasteiger partial charge in [-0.3, -0.25) is 0 Å². The third-order valence-corrected chi connectivity index (χ3v) is 3.91. The SMILES string of the molecule is CCS(=O)(=O)CCOc1ccc(C)c(F)c1. The van der Waals surface area contributed by atoms with E-state index in [0.29, 0.717) is 11.3 Å². The molecule has 0 spiro atoms. The van der Waals surface area contributed by atoms with E-state index in [1.165, 1.54) is 6.07 Å². The summed E-state index contributed by atoms with van der Waals surface area (Å²) in [5.74, 6) is 0.0581. The molecule has 1 rings (SSSR count). The van der Waals surface area contributed by atoms with Crippen LogP contribution in [0.25, 0.3) is 0 Å². The maximum Gasteiger partial charge on any atom is 0.153 e. The summed E-state index contributed by atoms with van der Waals surface area (Å²) in [4.78, 5) is 0. The van der Waals surface area contributed by atoms with Gasteiger partial charge < -0.3 is 4.74 Å². The average molecular weight is 246 g/mol. The predicted molar refractivity (Wildman–Crippen MR) is 61.0 cm³/mol. The molecule has 90 valence electrons. The molecule has 1 aromatic rings. The van der Waals surface area contributed by atoms with Gasteiger partial charge in [0.2, 0.25) is 0 Å². The van der Waals surface area contributed by atoms with Gasteiger partial charge in [-0.15, -0.1) is 0 Å². The van der Waals surface area contributed by atoms with E-state index in [1.807, 2.05) is 0 Å². The van der Waals surface area contributed by atoms with Gasteiger partial charge in [-0.25, -0.2) is 12.8 Å². The molecule has 0 bridgehead atoms. The van der Waals surface area contributed by atoms with Crippen LogP contribution in [0, 0.1) is 12.7 Å². The van der Waals surface area contributed by atoms with Crippen molar-refractivity contribution in [2.75, 3.05) is 18.1 Å². The van der Waals surface area contributed by atoms with Crippen molar-refractivity contribution < 1.29 is 17.5 Å². The summed E-state index contributed by atoms with van der Waals surface area (Å²) in [6, 6.07) is 4.48. The second-order valence-corrected chi connectivity index (χ2v) is 5.97. The highest BCUT2D eigenvalue weighted by atomic mass is 32.2. The number of halogens is 1. The van der Waals surface area contributed by atoms with E-state index in [2.05, 4.69) is 0 Å². The Hall–Kier alpha value is -1.10. The summed E-state index contributed by atoms with van der Waals surface area (Å²) < 4.78 is 40.6. The summed E-state index contributed by atoms with van der Waals surface area (Å²) in [6.07, 6.45) is 0. The summed E-state index contributed by atoms with van der Waals surface area (Å²) in [6.45, 7) is 3.29. The molecule has 16 heavy (non-hydrogen) atoms. The third-order valence-electron chi connectivity index (χ3n) is 2.25. The highest BCUT2D eigenvalue weighted by Crippen LogP contribution is 2.15. The molecule has 0 heterocycles. The molecule has 0 N–H and O–H groups in total. The highest BCUT2D eigenvalue weighted by Gasteiger charge is 2.07. The van der Waals surface area contributed by atoms with Crippen molar-refractivity contribution >= 4 is 9.84 Å². The Labute approximate surface area is 95.2 Å². The van der Waals surface area contributed by atoms with Gasteiger partial charge in [0.15, 0.2) is 9.84 Å². The lowest BCUT2D eigenvalue weighted by Gasteiger charge is -2.06. The fraction of sp³-hybridized carbons (Fsp3) is 0.455. The minimum atomic E-state index is -3.03. The standard InChI is InChI=1S/C11H15FO3S/c1-3-16(13,14)7-6-15-10-5-4-9(2)11(12)8-10/h4-5,8H,3,6-7H2,1-2H3. The van der Waals surface area contributed by atoms with Crippen LogP contribution in [-0.2, 0) is 9.84 Å². The van der Waals surface area contributed by atoms with Gasteiger partial charge >= 0.3 is 0 Å². The van der Waals surface area contributed by atoms with Crippen LogP contribution < -0.4 is 4.74 Å². The predicted octanol–water partition coefficient (Wildman–Crippen LogP) is 1.95. The number of hydrogen-bond donors (Lipinski definition) is 0. The van der Waals surface area contributed by atoms with E-state index in [0.717, 1.165) is 0 Å². The maximum absolute atomic E-state index is 13.1. The normalized spacial score (nSPS) is 11.4. The Morgan fingerprint density at radius 3 is 2.62 bits per heavy atom. The lowest BCUT2D eigenvalue weighted by molar-refractivity contribution is 0.339. The molecule has 0 aliphatic rings. The molecule has 1 aromatic carbocycles. The van der Waals surface area contributed by atoms with Crippen molar-refractivity contribution in [2.24, 2.45) is 0 Å². The first kappa shape index (κ1) is 13.0. The second-order valence-electron chi connectivity index (χ2n) is 3.50. The second kappa shape index (κ2) is 5.30.